The summed E-state index contributed by atoms with van der Waals surface area (Å²) in [4.78, 5) is 19.6. The van der Waals surface area contributed by atoms with Gasteiger partial charge >= 0.3 is 11.6 Å². The van der Waals surface area contributed by atoms with Crippen molar-refractivity contribution in [1.29, 1.82) is 0 Å². The Bertz CT molecular complexity index is 1280. The van der Waals surface area contributed by atoms with E-state index in [1.54, 1.807) is 12.3 Å². The first-order valence-corrected chi connectivity index (χ1v) is 11.9. The maximum absolute atomic E-state index is 13.4. The molecule has 11 nitrogen and oxygen atoms in total. The topological polar surface area (TPSA) is 120 Å². The van der Waals surface area contributed by atoms with Crippen LogP contribution in [0, 0.1) is 15.3 Å². The summed E-state index contributed by atoms with van der Waals surface area (Å²) in [5.41, 5.74) is 2.76. The van der Waals surface area contributed by atoms with E-state index in [4.69, 9.17) is 9.47 Å². The van der Waals surface area contributed by atoms with E-state index in [0.717, 1.165) is 30.1 Å². The van der Waals surface area contributed by atoms with E-state index >= 15 is 0 Å². The average Bonchev–Trinajstić information content (AvgIpc) is 3.39. The highest BCUT2D eigenvalue weighted by atomic mass is 16.6. The number of methoxy groups -OCH3 is 1. The molecule has 2 aliphatic heterocycles. The summed E-state index contributed by atoms with van der Waals surface area (Å²) >= 11 is 0. The van der Waals surface area contributed by atoms with Gasteiger partial charge < -0.3 is 19.6 Å². The molecule has 0 unspecified atom stereocenters. The molecule has 2 aliphatic rings. The van der Waals surface area contributed by atoms with Crippen molar-refractivity contribution >= 4 is 23.0 Å². The lowest BCUT2D eigenvalue weighted by Crippen LogP contribution is -2.38. The summed E-state index contributed by atoms with van der Waals surface area (Å²) in [5.74, 6) is 0.952. The van der Waals surface area contributed by atoms with Crippen LogP contribution in [0.4, 0.5) is 23.0 Å². The fourth-order valence-corrected chi connectivity index (χ4v) is 4.73. The lowest BCUT2D eigenvalue weighted by Gasteiger charge is -2.30. The molecule has 11 heteroatoms. The average molecular weight is 493 g/mol. The number of nitro groups is 1. The molecule has 0 atom stereocenters. The van der Waals surface area contributed by atoms with E-state index in [9.17, 15) is 15.3 Å². The van der Waals surface area contributed by atoms with Gasteiger partial charge in [0.15, 0.2) is 5.75 Å². The number of ether oxygens (including phenoxy) is 2. The normalized spacial score (nSPS) is 14.8. The Morgan fingerprint density at radius 2 is 1.94 bits per heavy atom. The Balaban J connectivity index is 1.37. The molecule has 0 bridgehead atoms. The molecule has 1 aromatic heterocycles. The van der Waals surface area contributed by atoms with Crippen molar-refractivity contribution in [2.45, 2.75) is 19.4 Å². The molecule has 1 fully saturated rings. The van der Waals surface area contributed by atoms with Gasteiger partial charge in [-0.3, -0.25) is 15.0 Å². The van der Waals surface area contributed by atoms with Crippen molar-refractivity contribution in [2.75, 3.05) is 50.6 Å². The number of benzene rings is 2. The fourth-order valence-electron chi connectivity index (χ4n) is 4.73. The number of anilines is 3. The molecule has 36 heavy (non-hydrogen) atoms. The number of likely N-dealkylation sites (tertiary alicyclic amines) is 1. The Morgan fingerprint density at radius 1 is 1.19 bits per heavy atom. The van der Waals surface area contributed by atoms with Gasteiger partial charge in [0.2, 0.25) is 0 Å². The zero-order valence-corrected chi connectivity index (χ0v) is 20.3. The van der Waals surface area contributed by atoms with Crippen LogP contribution >= 0.6 is 0 Å². The first-order valence-electron chi connectivity index (χ1n) is 11.9. The van der Waals surface area contributed by atoms with Crippen LogP contribution in [0.3, 0.4) is 0 Å². The molecule has 0 saturated carbocycles. The van der Waals surface area contributed by atoms with E-state index in [-0.39, 0.29) is 17.4 Å². The fraction of sp³-hybridized carbons (Fsp3) is 0.360. The largest absolute Gasteiger partial charge is 0.740 e. The van der Waals surface area contributed by atoms with Gasteiger partial charge in [0.1, 0.15) is 29.9 Å². The van der Waals surface area contributed by atoms with E-state index < -0.39 is 4.92 Å². The number of nitrogens with zero attached hydrogens (tertiary/aromatic N) is 5. The van der Waals surface area contributed by atoms with Crippen molar-refractivity contribution in [3.63, 3.8) is 0 Å². The number of nitro benzene ring substituents is 1. The van der Waals surface area contributed by atoms with Crippen LogP contribution in [-0.2, 0) is 6.54 Å². The molecule has 0 spiro atoms. The number of fused-ring (bicyclic) bond motifs is 3. The van der Waals surface area contributed by atoms with Crippen LogP contribution in [0.15, 0.2) is 42.6 Å². The number of nitrogens with one attached hydrogen (secondary N) is 1. The maximum Gasteiger partial charge on any atom is 0.397 e. The van der Waals surface area contributed by atoms with Gasteiger partial charge in [0.05, 0.1) is 17.7 Å². The monoisotopic (exact) mass is 492 g/mol. The first kappa shape index (κ1) is 23.6. The summed E-state index contributed by atoms with van der Waals surface area (Å²) in [6, 6.07) is 10.4. The highest BCUT2D eigenvalue weighted by Gasteiger charge is 2.30. The third-order valence-corrected chi connectivity index (χ3v) is 6.61. The number of rotatable bonds is 8. The Hall–Kier alpha value is -4.12. The van der Waals surface area contributed by atoms with Crippen LogP contribution in [0.2, 0.25) is 0 Å². The Labute approximate surface area is 208 Å². The molecular weight excluding hydrogens is 464 g/mol. The molecule has 0 amide bonds. The summed E-state index contributed by atoms with van der Waals surface area (Å²) in [6.07, 6.45) is 4.14. The first-order chi connectivity index (χ1) is 17.4. The molecule has 5 rings (SSSR count). The molecule has 2 aromatic carbocycles. The molecule has 1 saturated heterocycles. The summed E-state index contributed by atoms with van der Waals surface area (Å²) in [5, 5.41) is 28.0. The van der Waals surface area contributed by atoms with E-state index in [1.807, 2.05) is 36.2 Å². The SMILES string of the molecule is COc1cc2c(cc1[N+](=O)[O-])CN(C)c1cnc(Nc3ccc(OCCN4CCCC4)cc3)[n+]([O-])c1-2. The standard InChI is InChI=1S/C25H28N6O5/c1-28-16-17-13-21(31(33)34)23(35-2)14-20(17)24-22(28)15-26-25(30(24)32)27-18-5-7-19(8-6-18)36-12-11-29-9-3-4-10-29/h5-8,13-15H,3-4,9-12,16H2,1-2H3,(H,26,27). The smallest absolute Gasteiger partial charge is 0.397 e. The van der Waals surface area contributed by atoms with Crippen LogP contribution in [-0.4, -0.2) is 55.2 Å². The predicted molar refractivity (Wildman–Crippen MR) is 135 cm³/mol. The van der Waals surface area contributed by atoms with Crippen molar-refractivity contribution in [2.24, 2.45) is 0 Å². The highest BCUT2D eigenvalue weighted by molar-refractivity contribution is 5.81. The predicted octanol–water partition coefficient (Wildman–Crippen LogP) is 3.47. The van der Waals surface area contributed by atoms with E-state index in [0.29, 0.717) is 41.3 Å². The lowest BCUT2D eigenvalue weighted by atomic mass is 9.97. The Morgan fingerprint density at radius 3 is 2.64 bits per heavy atom. The van der Waals surface area contributed by atoms with Crippen LogP contribution in [0.5, 0.6) is 11.5 Å². The quantitative estimate of drug-likeness (QED) is 0.218. The van der Waals surface area contributed by atoms with Gasteiger partial charge in [0, 0.05) is 31.8 Å². The van der Waals surface area contributed by atoms with E-state index in [2.05, 4.69) is 15.2 Å². The van der Waals surface area contributed by atoms with Gasteiger partial charge in [-0.1, -0.05) is 4.98 Å². The third-order valence-electron chi connectivity index (χ3n) is 6.61. The van der Waals surface area contributed by atoms with E-state index in [1.165, 1.54) is 26.0 Å². The summed E-state index contributed by atoms with van der Waals surface area (Å²) < 4.78 is 11.8. The second kappa shape index (κ2) is 9.86. The maximum atomic E-state index is 13.4. The van der Waals surface area contributed by atoms with Gasteiger partial charge in [-0.05, 0) is 61.8 Å². The summed E-state index contributed by atoms with van der Waals surface area (Å²) in [7, 11) is 3.18. The van der Waals surface area contributed by atoms with Crippen molar-refractivity contribution in [3.05, 3.63) is 63.5 Å². The zero-order valence-electron chi connectivity index (χ0n) is 20.3. The van der Waals surface area contributed by atoms with Gasteiger partial charge in [-0.25, -0.2) is 10.0 Å². The highest BCUT2D eigenvalue weighted by Crippen LogP contribution is 2.41. The number of hydrogen-bond acceptors (Lipinski definition) is 9. The molecule has 3 heterocycles. The number of hydrogen-bond donors (Lipinski definition) is 1. The minimum atomic E-state index is -0.487. The zero-order chi connectivity index (χ0) is 25.2. The van der Waals surface area contributed by atoms with Crippen molar-refractivity contribution in [3.8, 4) is 22.8 Å². The van der Waals surface area contributed by atoms with Crippen LogP contribution < -0.4 is 24.4 Å². The molecular formula is C25H28N6O5. The second-order valence-corrected chi connectivity index (χ2v) is 8.95. The van der Waals surface area contributed by atoms with Gasteiger partial charge in [-0.15, -0.1) is 0 Å². The van der Waals surface area contributed by atoms with Gasteiger partial charge in [-0.2, -0.15) is 0 Å². The number of aromatic nitrogens is 2. The molecule has 1 N–H and O–H groups in total. The van der Waals surface area contributed by atoms with Crippen molar-refractivity contribution in [1.82, 2.24) is 9.88 Å². The Kier molecular flexibility index (Phi) is 6.47. The van der Waals surface area contributed by atoms with Crippen LogP contribution in [0.25, 0.3) is 11.3 Å². The molecule has 0 aliphatic carbocycles. The molecule has 3 aromatic rings. The molecule has 188 valence electrons. The minimum Gasteiger partial charge on any atom is -0.740 e. The molecule has 0 radical (unpaired) electrons. The van der Waals surface area contributed by atoms with Gasteiger partial charge in [0.25, 0.3) is 0 Å². The van der Waals surface area contributed by atoms with Crippen molar-refractivity contribution < 1.29 is 19.1 Å². The second-order valence-electron chi connectivity index (χ2n) is 8.95. The minimum absolute atomic E-state index is 0.0926. The van der Waals surface area contributed by atoms with Crippen LogP contribution in [0.1, 0.15) is 18.4 Å². The lowest BCUT2D eigenvalue weighted by molar-refractivity contribution is -0.580. The summed E-state index contributed by atoms with van der Waals surface area (Å²) in [6.45, 7) is 4.23. The third kappa shape index (κ3) is 4.57.